The van der Waals surface area contributed by atoms with Gasteiger partial charge in [-0.1, -0.05) is 17.4 Å². The Morgan fingerprint density at radius 2 is 2.00 bits per heavy atom. The number of nitrogens with zero attached hydrogens (tertiary/aromatic N) is 3. The number of pyridine rings is 2. The van der Waals surface area contributed by atoms with Crippen LogP contribution in [0.5, 0.6) is 5.75 Å². The number of aromatic nitrogens is 3. The molecule has 0 aliphatic carbocycles. The van der Waals surface area contributed by atoms with Gasteiger partial charge in [0.15, 0.2) is 0 Å². The van der Waals surface area contributed by atoms with Gasteiger partial charge in [-0.05, 0) is 30.7 Å². The van der Waals surface area contributed by atoms with Crippen LogP contribution in [0.25, 0.3) is 10.7 Å². The second kappa shape index (κ2) is 7.80. The van der Waals surface area contributed by atoms with Gasteiger partial charge in [-0.2, -0.15) is 0 Å². The number of rotatable bonds is 5. The molecule has 6 nitrogen and oxygen atoms in total. The summed E-state index contributed by atoms with van der Waals surface area (Å²) in [6.45, 7) is 3.55. The van der Waals surface area contributed by atoms with Gasteiger partial charge in [-0.3, -0.25) is 0 Å². The molecule has 1 aliphatic rings. The summed E-state index contributed by atoms with van der Waals surface area (Å²) in [6, 6.07) is 7.85. The predicted molar refractivity (Wildman–Crippen MR) is 102 cm³/mol. The number of nitrogens with one attached hydrogen (secondary N) is 1. The van der Waals surface area contributed by atoms with E-state index in [4.69, 9.17) is 9.47 Å². The Balaban J connectivity index is 1.43. The van der Waals surface area contributed by atoms with Crippen LogP contribution >= 0.6 is 11.3 Å². The number of anilines is 2. The van der Waals surface area contributed by atoms with E-state index in [9.17, 15) is 0 Å². The highest BCUT2D eigenvalue weighted by Crippen LogP contribution is 2.30. The summed E-state index contributed by atoms with van der Waals surface area (Å²) in [7, 11) is 0. The van der Waals surface area contributed by atoms with Crippen LogP contribution in [0.15, 0.2) is 42.9 Å². The fraction of sp³-hybridized carbons (Fsp3) is 0.316. The highest BCUT2D eigenvalue weighted by molar-refractivity contribution is 7.18. The molecule has 1 fully saturated rings. The third-order valence-corrected chi connectivity index (χ3v) is 5.12. The zero-order chi connectivity index (χ0) is 17.8. The lowest BCUT2D eigenvalue weighted by molar-refractivity contribution is 0.0254. The first-order valence-corrected chi connectivity index (χ1v) is 9.45. The molecule has 0 bridgehead atoms. The summed E-state index contributed by atoms with van der Waals surface area (Å²) in [5.74, 6) is 1.63. The van der Waals surface area contributed by atoms with Gasteiger partial charge in [-0.25, -0.2) is 15.0 Å². The van der Waals surface area contributed by atoms with Gasteiger partial charge >= 0.3 is 0 Å². The van der Waals surface area contributed by atoms with Crippen LogP contribution in [0.3, 0.4) is 0 Å². The van der Waals surface area contributed by atoms with E-state index in [1.54, 1.807) is 23.7 Å². The van der Waals surface area contributed by atoms with Crippen molar-refractivity contribution >= 4 is 22.2 Å². The average molecular weight is 368 g/mol. The van der Waals surface area contributed by atoms with Crippen molar-refractivity contribution in [3.63, 3.8) is 0 Å². The quantitative estimate of drug-likeness (QED) is 0.727. The largest absolute Gasteiger partial charge is 0.489 e. The van der Waals surface area contributed by atoms with Gasteiger partial charge in [0.1, 0.15) is 27.7 Å². The van der Waals surface area contributed by atoms with Gasteiger partial charge in [0.05, 0.1) is 31.3 Å². The van der Waals surface area contributed by atoms with E-state index in [0.29, 0.717) is 0 Å². The average Bonchev–Trinajstić information content (AvgIpc) is 3.14. The summed E-state index contributed by atoms with van der Waals surface area (Å²) in [5.41, 5.74) is 1.93. The topological polar surface area (TPSA) is 69.2 Å². The number of aryl methyl sites for hydroxylation is 1. The van der Waals surface area contributed by atoms with E-state index in [1.165, 1.54) is 0 Å². The number of hydrogen-bond acceptors (Lipinski definition) is 7. The summed E-state index contributed by atoms with van der Waals surface area (Å²) >= 11 is 1.55. The second-order valence-corrected chi connectivity index (χ2v) is 7.16. The van der Waals surface area contributed by atoms with Crippen molar-refractivity contribution < 1.29 is 9.47 Å². The van der Waals surface area contributed by atoms with Crippen LogP contribution in [0.2, 0.25) is 0 Å². The van der Waals surface area contributed by atoms with E-state index in [-0.39, 0.29) is 6.10 Å². The first-order valence-electron chi connectivity index (χ1n) is 8.63. The lowest BCUT2D eigenvalue weighted by atomic mass is 10.1. The van der Waals surface area contributed by atoms with Crippen molar-refractivity contribution in [2.75, 3.05) is 18.5 Å². The Kier molecular flexibility index (Phi) is 5.08. The van der Waals surface area contributed by atoms with Crippen LogP contribution in [0.1, 0.15) is 18.4 Å². The maximum absolute atomic E-state index is 5.96. The smallest absolute Gasteiger partial charge is 0.143 e. The molecule has 4 heterocycles. The maximum atomic E-state index is 5.96. The Bertz CT molecular complexity index is 860. The standard InChI is InChI=1S/C19H20N4O2S/c1-13-3-2-8-20-18(13)23-17-12-22-19(26-17)16-5-4-15(11-21-16)25-14-6-9-24-10-7-14/h2-5,8,11-12,14H,6-7,9-10H2,1H3,(H,20,23). The highest BCUT2D eigenvalue weighted by Gasteiger charge is 2.15. The van der Waals surface area contributed by atoms with E-state index in [2.05, 4.69) is 20.3 Å². The molecular formula is C19H20N4O2S. The van der Waals surface area contributed by atoms with E-state index in [0.717, 1.165) is 58.9 Å². The zero-order valence-electron chi connectivity index (χ0n) is 14.5. The van der Waals surface area contributed by atoms with Crippen LogP contribution in [-0.4, -0.2) is 34.3 Å². The van der Waals surface area contributed by atoms with Crippen LogP contribution in [0.4, 0.5) is 10.8 Å². The molecule has 1 N–H and O–H groups in total. The fourth-order valence-corrected chi connectivity index (χ4v) is 3.54. The summed E-state index contributed by atoms with van der Waals surface area (Å²) in [6.07, 6.45) is 7.42. The van der Waals surface area contributed by atoms with Crippen molar-refractivity contribution in [2.45, 2.75) is 25.9 Å². The van der Waals surface area contributed by atoms with Gasteiger partial charge in [0.25, 0.3) is 0 Å². The SMILES string of the molecule is Cc1cccnc1Nc1cnc(-c2ccc(OC3CCOCC3)cn2)s1. The minimum Gasteiger partial charge on any atom is -0.489 e. The molecule has 1 saturated heterocycles. The fourth-order valence-electron chi connectivity index (χ4n) is 2.75. The van der Waals surface area contributed by atoms with Crippen molar-refractivity contribution in [3.05, 3.63) is 48.4 Å². The van der Waals surface area contributed by atoms with E-state index < -0.39 is 0 Å². The summed E-state index contributed by atoms with van der Waals surface area (Å²) in [4.78, 5) is 13.3. The monoisotopic (exact) mass is 368 g/mol. The Morgan fingerprint density at radius 3 is 2.77 bits per heavy atom. The third kappa shape index (κ3) is 4.00. The molecular weight excluding hydrogens is 348 g/mol. The van der Waals surface area contributed by atoms with Crippen molar-refractivity contribution in [2.24, 2.45) is 0 Å². The minimum atomic E-state index is 0.216. The highest BCUT2D eigenvalue weighted by atomic mass is 32.1. The van der Waals surface area contributed by atoms with Crippen molar-refractivity contribution in [1.82, 2.24) is 15.0 Å². The lowest BCUT2D eigenvalue weighted by Crippen LogP contribution is -2.25. The minimum absolute atomic E-state index is 0.216. The molecule has 1 aliphatic heterocycles. The molecule has 7 heteroatoms. The van der Waals surface area contributed by atoms with Crippen molar-refractivity contribution in [1.29, 1.82) is 0 Å². The molecule has 0 amide bonds. The molecule has 3 aromatic heterocycles. The van der Waals surface area contributed by atoms with Gasteiger partial charge < -0.3 is 14.8 Å². The molecule has 3 aromatic rings. The molecule has 0 unspecified atom stereocenters. The van der Waals surface area contributed by atoms with Gasteiger partial charge in [0.2, 0.25) is 0 Å². The Hall–Kier alpha value is -2.51. The normalized spacial score (nSPS) is 15.0. The van der Waals surface area contributed by atoms with E-state index in [1.807, 2.05) is 37.4 Å². The summed E-state index contributed by atoms with van der Waals surface area (Å²) in [5, 5.41) is 5.10. The molecule has 0 saturated carbocycles. The van der Waals surface area contributed by atoms with Crippen LogP contribution in [0, 0.1) is 6.92 Å². The number of thiazole rings is 1. The Morgan fingerprint density at radius 1 is 1.12 bits per heavy atom. The third-order valence-electron chi connectivity index (χ3n) is 4.18. The predicted octanol–water partition coefficient (Wildman–Crippen LogP) is 4.21. The molecule has 0 radical (unpaired) electrons. The van der Waals surface area contributed by atoms with E-state index >= 15 is 0 Å². The molecule has 134 valence electrons. The Labute approximate surface area is 156 Å². The first-order chi connectivity index (χ1) is 12.8. The van der Waals surface area contributed by atoms with Crippen molar-refractivity contribution in [3.8, 4) is 16.5 Å². The first kappa shape index (κ1) is 16.9. The lowest BCUT2D eigenvalue weighted by Gasteiger charge is -2.23. The molecule has 0 spiro atoms. The number of ether oxygens (including phenoxy) is 2. The molecule has 0 atom stereocenters. The number of hydrogen-bond donors (Lipinski definition) is 1. The summed E-state index contributed by atoms with van der Waals surface area (Å²) < 4.78 is 11.3. The molecule has 26 heavy (non-hydrogen) atoms. The maximum Gasteiger partial charge on any atom is 0.143 e. The van der Waals surface area contributed by atoms with Gasteiger partial charge in [0, 0.05) is 19.0 Å². The van der Waals surface area contributed by atoms with Crippen LogP contribution < -0.4 is 10.1 Å². The zero-order valence-corrected chi connectivity index (χ0v) is 15.3. The van der Waals surface area contributed by atoms with Gasteiger partial charge in [-0.15, -0.1) is 0 Å². The van der Waals surface area contributed by atoms with Crippen LogP contribution in [-0.2, 0) is 4.74 Å². The molecule has 4 rings (SSSR count). The molecule has 0 aromatic carbocycles. The second-order valence-electron chi connectivity index (χ2n) is 6.13.